The molecule has 2 aromatic rings. The predicted octanol–water partition coefficient (Wildman–Crippen LogP) is 3.40. The van der Waals surface area contributed by atoms with Gasteiger partial charge in [-0.2, -0.15) is 0 Å². The number of imidazole rings is 1. The van der Waals surface area contributed by atoms with Crippen molar-refractivity contribution in [3.63, 3.8) is 0 Å². The van der Waals surface area contributed by atoms with E-state index in [9.17, 15) is 0 Å². The van der Waals surface area contributed by atoms with Crippen molar-refractivity contribution in [1.82, 2.24) is 14.9 Å². The molecular weight excluding hydrogens is 250 g/mol. The fourth-order valence-electron chi connectivity index (χ4n) is 2.69. The smallest absolute Gasteiger partial charge is 0.110 e. The maximum atomic E-state index is 5.67. The molecule has 2 rings (SSSR count). The van der Waals surface area contributed by atoms with Crippen LogP contribution in [0.4, 0.5) is 0 Å². The molecule has 4 heteroatoms. The molecular formula is C16H25N3O. The van der Waals surface area contributed by atoms with Crippen LogP contribution < -0.4 is 5.32 Å². The summed E-state index contributed by atoms with van der Waals surface area (Å²) in [6, 6.07) is 2.39. The molecule has 2 aromatic heterocycles. The Kier molecular flexibility index (Phi) is 5.01. The van der Waals surface area contributed by atoms with Crippen LogP contribution in [0.2, 0.25) is 0 Å². The van der Waals surface area contributed by atoms with Gasteiger partial charge in [0.2, 0.25) is 0 Å². The van der Waals surface area contributed by atoms with E-state index < -0.39 is 0 Å². The zero-order valence-corrected chi connectivity index (χ0v) is 12.9. The van der Waals surface area contributed by atoms with E-state index in [0.29, 0.717) is 0 Å². The van der Waals surface area contributed by atoms with Gasteiger partial charge in [-0.1, -0.05) is 13.8 Å². The monoisotopic (exact) mass is 275 g/mol. The number of nitrogens with one attached hydrogen (secondary N) is 1. The molecule has 110 valence electrons. The molecule has 1 unspecified atom stereocenters. The van der Waals surface area contributed by atoms with Gasteiger partial charge in [0.25, 0.3) is 0 Å². The number of rotatable bonds is 7. The molecule has 0 spiro atoms. The Labute approximate surface area is 121 Å². The van der Waals surface area contributed by atoms with E-state index in [1.165, 1.54) is 5.56 Å². The van der Waals surface area contributed by atoms with Crippen molar-refractivity contribution >= 4 is 0 Å². The highest BCUT2D eigenvalue weighted by Crippen LogP contribution is 2.24. The minimum atomic E-state index is 0.260. The van der Waals surface area contributed by atoms with Gasteiger partial charge in [-0.3, -0.25) is 0 Å². The predicted molar refractivity (Wildman–Crippen MR) is 80.8 cm³/mol. The van der Waals surface area contributed by atoms with Crippen LogP contribution >= 0.6 is 0 Å². The van der Waals surface area contributed by atoms with Gasteiger partial charge in [-0.05, 0) is 32.9 Å². The third kappa shape index (κ3) is 3.31. The highest BCUT2D eigenvalue weighted by atomic mass is 16.3. The first kappa shape index (κ1) is 14.9. The zero-order valence-electron chi connectivity index (χ0n) is 12.9. The number of likely N-dealkylation sites (N-methyl/N-ethyl adjacent to an activating group) is 1. The summed E-state index contributed by atoms with van der Waals surface area (Å²) >= 11 is 0. The summed E-state index contributed by atoms with van der Waals surface area (Å²) in [5.74, 6) is 3.11. The Balaban J connectivity index is 2.21. The van der Waals surface area contributed by atoms with Crippen molar-refractivity contribution < 1.29 is 4.42 Å². The van der Waals surface area contributed by atoms with E-state index >= 15 is 0 Å². The van der Waals surface area contributed by atoms with Crippen molar-refractivity contribution in [2.75, 3.05) is 6.54 Å². The van der Waals surface area contributed by atoms with Gasteiger partial charge in [-0.15, -0.1) is 0 Å². The molecule has 0 aliphatic heterocycles. The van der Waals surface area contributed by atoms with Crippen molar-refractivity contribution in [2.24, 2.45) is 0 Å². The molecule has 0 radical (unpaired) electrons. The van der Waals surface area contributed by atoms with E-state index in [1.54, 1.807) is 0 Å². The Morgan fingerprint density at radius 1 is 1.35 bits per heavy atom. The number of aryl methyl sites for hydroxylation is 3. The Morgan fingerprint density at radius 3 is 2.75 bits per heavy atom. The highest BCUT2D eigenvalue weighted by molar-refractivity contribution is 5.25. The van der Waals surface area contributed by atoms with Crippen LogP contribution in [0.5, 0.6) is 0 Å². The molecule has 0 aliphatic carbocycles. The number of aromatic nitrogens is 2. The Bertz CT molecular complexity index is 542. The molecule has 0 aromatic carbocycles. The second-order valence-corrected chi connectivity index (χ2v) is 5.22. The SMILES string of the molecule is CCCn1ccnc1CC(NCC)c1cc(C)oc1C. The quantitative estimate of drug-likeness (QED) is 0.842. The highest BCUT2D eigenvalue weighted by Gasteiger charge is 2.19. The summed E-state index contributed by atoms with van der Waals surface area (Å²) < 4.78 is 7.91. The van der Waals surface area contributed by atoms with E-state index in [0.717, 1.165) is 43.3 Å². The van der Waals surface area contributed by atoms with Crippen molar-refractivity contribution in [3.05, 3.63) is 41.4 Å². The fourth-order valence-corrected chi connectivity index (χ4v) is 2.69. The molecule has 0 amide bonds. The summed E-state index contributed by atoms with van der Waals surface area (Å²) in [4.78, 5) is 4.51. The third-order valence-corrected chi connectivity index (χ3v) is 3.56. The first-order chi connectivity index (χ1) is 9.65. The van der Waals surface area contributed by atoms with E-state index in [-0.39, 0.29) is 6.04 Å². The van der Waals surface area contributed by atoms with E-state index in [1.807, 2.05) is 20.0 Å². The molecule has 1 atom stereocenters. The average molecular weight is 275 g/mol. The van der Waals surface area contributed by atoms with E-state index in [2.05, 4.69) is 41.0 Å². The maximum absolute atomic E-state index is 5.67. The summed E-state index contributed by atoms with van der Waals surface area (Å²) in [7, 11) is 0. The molecule has 20 heavy (non-hydrogen) atoms. The lowest BCUT2D eigenvalue weighted by Crippen LogP contribution is -2.24. The van der Waals surface area contributed by atoms with Gasteiger partial charge in [0.05, 0.1) is 0 Å². The largest absolute Gasteiger partial charge is 0.466 e. The third-order valence-electron chi connectivity index (χ3n) is 3.56. The lowest BCUT2D eigenvalue weighted by Gasteiger charge is -2.18. The Hall–Kier alpha value is -1.55. The minimum absolute atomic E-state index is 0.260. The van der Waals surface area contributed by atoms with Crippen molar-refractivity contribution in [1.29, 1.82) is 0 Å². The van der Waals surface area contributed by atoms with Crippen LogP contribution in [-0.2, 0) is 13.0 Å². The number of hydrogen-bond acceptors (Lipinski definition) is 3. The zero-order chi connectivity index (χ0) is 14.5. The molecule has 4 nitrogen and oxygen atoms in total. The minimum Gasteiger partial charge on any atom is -0.466 e. The normalized spacial score (nSPS) is 12.8. The van der Waals surface area contributed by atoms with Gasteiger partial charge in [0.15, 0.2) is 0 Å². The van der Waals surface area contributed by atoms with Crippen molar-refractivity contribution in [3.8, 4) is 0 Å². The lowest BCUT2D eigenvalue weighted by atomic mass is 10.0. The molecule has 0 fully saturated rings. The average Bonchev–Trinajstić information content (AvgIpc) is 2.96. The number of hydrogen-bond donors (Lipinski definition) is 1. The summed E-state index contributed by atoms with van der Waals surface area (Å²) in [6.07, 6.45) is 5.97. The summed E-state index contributed by atoms with van der Waals surface area (Å²) in [6.45, 7) is 10.3. The van der Waals surface area contributed by atoms with Crippen LogP contribution in [0.3, 0.4) is 0 Å². The second-order valence-electron chi connectivity index (χ2n) is 5.22. The molecule has 0 bridgehead atoms. The molecule has 0 saturated carbocycles. The lowest BCUT2D eigenvalue weighted by molar-refractivity contribution is 0.477. The van der Waals surface area contributed by atoms with Gasteiger partial charge < -0.3 is 14.3 Å². The van der Waals surface area contributed by atoms with Crippen LogP contribution in [0.15, 0.2) is 22.9 Å². The van der Waals surface area contributed by atoms with Crippen molar-refractivity contribution in [2.45, 2.75) is 53.1 Å². The molecule has 0 aliphatic rings. The first-order valence-electron chi connectivity index (χ1n) is 7.46. The van der Waals surface area contributed by atoms with Gasteiger partial charge in [0.1, 0.15) is 17.3 Å². The van der Waals surface area contributed by atoms with Crippen LogP contribution in [0.1, 0.15) is 49.2 Å². The molecule has 0 saturated heterocycles. The van der Waals surface area contributed by atoms with Gasteiger partial charge in [0, 0.05) is 37.0 Å². The van der Waals surface area contributed by atoms with Crippen LogP contribution in [0, 0.1) is 13.8 Å². The molecule has 2 heterocycles. The first-order valence-corrected chi connectivity index (χ1v) is 7.46. The number of nitrogens with zero attached hydrogens (tertiary/aromatic N) is 2. The Morgan fingerprint density at radius 2 is 2.15 bits per heavy atom. The van der Waals surface area contributed by atoms with Crippen LogP contribution in [-0.4, -0.2) is 16.1 Å². The van der Waals surface area contributed by atoms with Crippen LogP contribution in [0.25, 0.3) is 0 Å². The second kappa shape index (κ2) is 6.75. The fraction of sp³-hybridized carbons (Fsp3) is 0.562. The topological polar surface area (TPSA) is 43.0 Å². The molecule has 1 N–H and O–H groups in total. The summed E-state index contributed by atoms with van der Waals surface area (Å²) in [5.41, 5.74) is 1.25. The van der Waals surface area contributed by atoms with Gasteiger partial charge >= 0.3 is 0 Å². The maximum Gasteiger partial charge on any atom is 0.110 e. The van der Waals surface area contributed by atoms with E-state index in [4.69, 9.17) is 4.42 Å². The number of furan rings is 1. The summed E-state index contributed by atoms with van der Waals surface area (Å²) in [5, 5.41) is 3.55. The van der Waals surface area contributed by atoms with Gasteiger partial charge in [-0.25, -0.2) is 4.98 Å². The standard InChI is InChI=1S/C16H25N3O/c1-5-8-19-9-7-18-16(19)11-15(17-6-2)14-10-12(3)20-13(14)4/h7,9-10,15,17H,5-6,8,11H2,1-4H3.